The van der Waals surface area contributed by atoms with Gasteiger partial charge in [0.25, 0.3) is 0 Å². The molecule has 0 aliphatic heterocycles. The Morgan fingerprint density at radius 1 is 1.19 bits per heavy atom. The number of nitrogens with one attached hydrogen (secondary N) is 2. The van der Waals surface area contributed by atoms with Crippen LogP contribution in [0.25, 0.3) is 0 Å². The van der Waals surface area contributed by atoms with Crippen LogP contribution >= 0.6 is 0 Å². The first-order chi connectivity index (χ1) is 9.67. The second-order valence-corrected chi connectivity index (χ2v) is 7.85. The number of sulfonamides is 1. The van der Waals surface area contributed by atoms with Gasteiger partial charge in [-0.3, -0.25) is 0 Å². The molecular weight excluding hydrogens is 286 g/mol. The van der Waals surface area contributed by atoms with Crippen LogP contribution in [0.2, 0.25) is 0 Å². The number of rotatable bonds is 8. The normalized spacial score (nSPS) is 14.1. The van der Waals surface area contributed by atoms with E-state index in [-0.39, 0.29) is 12.1 Å². The first kappa shape index (κ1) is 18.2. The summed E-state index contributed by atoms with van der Waals surface area (Å²) in [6, 6.07) is 2.29. The van der Waals surface area contributed by atoms with Crippen LogP contribution < -0.4 is 10.0 Å². The van der Waals surface area contributed by atoms with Crippen molar-refractivity contribution in [1.29, 1.82) is 0 Å². The Hall–Kier alpha value is -0.850. The van der Waals surface area contributed by atoms with Gasteiger partial charge in [0, 0.05) is 36.6 Å². The maximum atomic E-state index is 12.4. The molecule has 122 valence electrons. The SMILES string of the molecule is CCC(C)NS(=O)(=O)c1cc(CNC(C)C)n(C(C)C)c1. The van der Waals surface area contributed by atoms with Crippen molar-refractivity contribution < 1.29 is 8.42 Å². The van der Waals surface area contributed by atoms with Crippen LogP contribution in [-0.2, 0) is 16.6 Å². The lowest BCUT2D eigenvalue weighted by Crippen LogP contribution is -2.31. The Morgan fingerprint density at radius 2 is 1.81 bits per heavy atom. The molecule has 0 amide bonds. The summed E-state index contributed by atoms with van der Waals surface area (Å²) in [6.45, 7) is 12.8. The molecule has 1 heterocycles. The predicted molar refractivity (Wildman–Crippen MR) is 86.9 cm³/mol. The number of hydrogen-bond acceptors (Lipinski definition) is 3. The molecule has 5 nitrogen and oxygen atoms in total. The molecule has 1 aromatic heterocycles. The summed E-state index contributed by atoms with van der Waals surface area (Å²) < 4.78 is 29.5. The first-order valence-electron chi connectivity index (χ1n) is 7.63. The van der Waals surface area contributed by atoms with E-state index in [4.69, 9.17) is 0 Å². The van der Waals surface area contributed by atoms with Gasteiger partial charge in [-0.25, -0.2) is 13.1 Å². The molecule has 1 aromatic rings. The minimum Gasteiger partial charge on any atom is -0.346 e. The van der Waals surface area contributed by atoms with Gasteiger partial charge < -0.3 is 9.88 Å². The third-order valence-electron chi connectivity index (χ3n) is 3.43. The lowest BCUT2D eigenvalue weighted by molar-refractivity contribution is 0.524. The van der Waals surface area contributed by atoms with E-state index in [0.29, 0.717) is 17.5 Å². The van der Waals surface area contributed by atoms with Crippen LogP contribution in [-0.4, -0.2) is 25.1 Å². The van der Waals surface area contributed by atoms with Crippen LogP contribution in [0, 0.1) is 0 Å². The lowest BCUT2D eigenvalue weighted by Gasteiger charge is -2.14. The summed E-state index contributed by atoms with van der Waals surface area (Å²) in [5, 5.41) is 3.34. The molecule has 1 rings (SSSR count). The van der Waals surface area contributed by atoms with E-state index in [2.05, 4.69) is 37.7 Å². The highest BCUT2D eigenvalue weighted by molar-refractivity contribution is 7.89. The second kappa shape index (κ2) is 7.42. The lowest BCUT2D eigenvalue weighted by atomic mass is 10.3. The summed E-state index contributed by atoms with van der Waals surface area (Å²) in [4.78, 5) is 0.344. The van der Waals surface area contributed by atoms with Crippen LogP contribution in [0.4, 0.5) is 0 Å². The van der Waals surface area contributed by atoms with Crippen molar-refractivity contribution in [3.05, 3.63) is 18.0 Å². The summed E-state index contributed by atoms with van der Waals surface area (Å²) in [7, 11) is -3.44. The quantitative estimate of drug-likeness (QED) is 0.775. The summed E-state index contributed by atoms with van der Waals surface area (Å²) in [5.41, 5.74) is 0.989. The van der Waals surface area contributed by atoms with Crippen molar-refractivity contribution in [3.63, 3.8) is 0 Å². The van der Waals surface area contributed by atoms with Crippen molar-refractivity contribution >= 4 is 10.0 Å². The molecule has 0 radical (unpaired) electrons. The van der Waals surface area contributed by atoms with E-state index >= 15 is 0 Å². The fraction of sp³-hybridized carbons (Fsp3) is 0.733. The van der Waals surface area contributed by atoms with Gasteiger partial charge in [-0.05, 0) is 33.3 Å². The summed E-state index contributed by atoms with van der Waals surface area (Å²) in [6.07, 6.45) is 2.50. The molecule has 0 saturated heterocycles. The molecule has 0 saturated carbocycles. The molecule has 2 N–H and O–H groups in total. The maximum Gasteiger partial charge on any atom is 0.242 e. The van der Waals surface area contributed by atoms with Crippen molar-refractivity contribution in [1.82, 2.24) is 14.6 Å². The summed E-state index contributed by atoms with van der Waals surface area (Å²) >= 11 is 0. The topological polar surface area (TPSA) is 63.1 Å². The third-order valence-corrected chi connectivity index (χ3v) is 4.99. The Labute approximate surface area is 129 Å². The molecule has 1 unspecified atom stereocenters. The van der Waals surface area contributed by atoms with Gasteiger partial charge in [0.2, 0.25) is 10.0 Å². The van der Waals surface area contributed by atoms with Gasteiger partial charge in [0.15, 0.2) is 0 Å². The molecule has 0 bridgehead atoms. The average molecular weight is 315 g/mol. The maximum absolute atomic E-state index is 12.4. The Balaban J connectivity index is 3.06. The zero-order chi connectivity index (χ0) is 16.2. The van der Waals surface area contributed by atoms with Crippen molar-refractivity contribution in [2.24, 2.45) is 0 Å². The molecule has 0 spiro atoms. The molecular formula is C15H29N3O2S. The van der Waals surface area contributed by atoms with Crippen molar-refractivity contribution in [2.75, 3.05) is 0 Å². The highest BCUT2D eigenvalue weighted by Gasteiger charge is 2.21. The van der Waals surface area contributed by atoms with Gasteiger partial charge in [-0.2, -0.15) is 0 Å². The monoisotopic (exact) mass is 315 g/mol. The number of aromatic nitrogens is 1. The zero-order valence-corrected chi connectivity index (χ0v) is 14.8. The predicted octanol–water partition coefficient (Wildman–Crippen LogP) is 2.64. The number of hydrogen-bond donors (Lipinski definition) is 2. The molecule has 0 aliphatic carbocycles. The minimum atomic E-state index is -3.44. The Morgan fingerprint density at radius 3 is 2.29 bits per heavy atom. The van der Waals surface area contributed by atoms with Crippen LogP contribution in [0.3, 0.4) is 0 Å². The molecule has 21 heavy (non-hydrogen) atoms. The fourth-order valence-electron chi connectivity index (χ4n) is 1.99. The Kier molecular flexibility index (Phi) is 6.43. The fourth-order valence-corrected chi connectivity index (χ4v) is 3.37. The minimum absolute atomic E-state index is 0.0605. The highest BCUT2D eigenvalue weighted by atomic mass is 32.2. The number of nitrogens with zero attached hydrogens (tertiary/aromatic N) is 1. The van der Waals surface area contributed by atoms with Crippen molar-refractivity contribution in [3.8, 4) is 0 Å². The van der Waals surface area contributed by atoms with E-state index in [1.54, 1.807) is 12.3 Å². The van der Waals surface area contributed by atoms with E-state index in [0.717, 1.165) is 12.1 Å². The highest BCUT2D eigenvalue weighted by Crippen LogP contribution is 2.19. The van der Waals surface area contributed by atoms with E-state index < -0.39 is 10.0 Å². The van der Waals surface area contributed by atoms with E-state index in [9.17, 15) is 8.42 Å². The second-order valence-electron chi connectivity index (χ2n) is 6.13. The molecule has 1 atom stereocenters. The van der Waals surface area contributed by atoms with E-state index in [1.807, 2.05) is 18.4 Å². The molecule has 0 fully saturated rings. The molecule has 6 heteroatoms. The zero-order valence-electron chi connectivity index (χ0n) is 14.0. The van der Waals surface area contributed by atoms with Crippen LogP contribution in [0.5, 0.6) is 0 Å². The van der Waals surface area contributed by atoms with Crippen molar-refractivity contribution in [2.45, 2.75) is 77.5 Å². The largest absolute Gasteiger partial charge is 0.346 e. The smallest absolute Gasteiger partial charge is 0.242 e. The molecule has 0 aromatic carbocycles. The van der Waals surface area contributed by atoms with Gasteiger partial charge in [-0.15, -0.1) is 0 Å². The van der Waals surface area contributed by atoms with Gasteiger partial charge in [-0.1, -0.05) is 20.8 Å². The first-order valence-corrected chi connectivity index (χ1v) is 9.12. The van der Waals surface area contributed by atoms with Gasteiger partial charge >= 0.3 is 0 Å². The average Bonchev–Trinajstić information content (AvgIpc) is 2.80. The van der Waals surface area contributed by atoms with Crippen LogP contribution in [0.15, 0.2) is 17.2 Å². The van der Waals surface area contributed by atoms with Crippen LogP contribution in [0.1, 0.15) is 59.7 Å². The molecule has 0 aliphatic rings. The van der Waals surface area contributed by atoms with E-state index in [1.165, 1.54) is 0 Å². The standard InChI is InChI=1S/C15H29N3O2S/c1-7-13(6)17-21(19,20)15-8-14(9-16-11(2)3)18(10-15)12(4)5/h8,10-13,16-17H,7,9H2,1-6H3. The van der Waals surface area contributed by atoms with Gasteiger partial charge in [0.05, 0.1) is 4.90 Å². The third kappa shape index (κ3) is 5.13. The summed E-state index contributed by atoms with van der Waals surface area (Å²) in [5.74, 6) is 0. The van der Waals surface area contributed by atoms with Gasteiger partial charge in [0.1, 0.15) is 0 Å². The Bertz CT molecular complexity index is 547.